The van der Waals surface area contributed by atoms with Gasteiger partial charge in [-0.15, -0.1) is 0 Å². The van der Waals surface area contributed by atoms with Crippen LogP contribution in [0.4, 0.5) is 5.82 Å². The highest BCUT2D eigenvalue weighted by molar-refractivity contribution is 6.31. The summed E-state index contributed by atoms with van der Waals surface area (Å²) in [6.45, 7) is 10.8. The SMILES string of the molecule is CCCNCc1cc(N2CCC(C)(C)C2)ncc1Cl. The molecule has 1 aromatic heterocycles. The fraction of sp³-hybridized carbons (Fsp3) is 0.667. The molecule has 2 rings (SSSR count). The Morgan fingerprint density at radius 1 is 1.47 bits per heavy atom. The Hall–Kier alpha value is -0.800. The molecule has 1 aliphatic heterocycles. The molecular weight excluding hydrogens is 258 g/mol. The number of aromatic nitrogens is 1. The van der Waals surface area contributed by atoms with Crippen LogP contribution < -0.4 is 10.2 Å². The number of pyridine rings is 1. The zero-order chi connectivity index (χ0) is 13.9. The van der Waals surface area contributed by atoms with E-state index in [4.69, 9.17) is 11.6 Å². The smallest absolute Gasteiger partial charge is 0.128 e. The van der Waals surface area contributed by atoms with Gasteiger partial charge >= 0.3 is 0 Å². The molecule has 1 saturated heterocycles. The van der Waals surface area contributed by atoms with Crippen LogP contribution in [0.25, 0.3) is 0 Å². The van der Waals surface area contributed by atoms with Crippen molar-refractivity contribution in [2.75, 3.05) is 24.5 Å². The highest BCUT2D eigenvalue weighted by Crippen LogP contribution is 2.32. The minimum atomic E-state index is 0.391. The van der Waals surface area contributed by atoms with Crippen LogP contribution in [-0.2, 0) is 6.54 Å². The van der Waals surface area contributed by atoms with E-state index in [2.05, 4.69) is 42.0 Å². The van der Waals surface area contributed by atoms with E-state index in [9.17, 15) is 0 Å². The van der Waals surface area contributed by atoms with Crippen molar-refractivity contribution in [1.82, 2.24) is 10.3 Å². The third kappa shape index (κ3) is 3.83. The minimum Gasteiger partial charge on any atom is -0.356 e. The summed E-state index contributed by atoms with van der Waals surface area (Å²) in [6.07, 6.45) is 4.14. The molecule has 0 bridgehead atoms. The van der Waals surface area contributed by atoms with Crippen molar-refractivity contribution in [3.8, 4) is 0 Å². The Morgan fingerprint density at radius 3 is 2.89 bits per heavy atom. The maximum atomic E-state index is 6.22. The molecule has 0 radical (unpaired) electrons. The Balaban J connectivity index is 2.08. The van der Waals surface area contributed by atoms with Crippen molar-refractivity contribution in [3.63, 3.8) is 0 Å². The van der Waals surface area contributed by atoms with Crippen molar-refractivity contribution >= 4 is 17.4 Å². The molecule has 4 heteroatoms. The standard InChI is InChI=1S/C15H24ClN3/c1-4-6-17-9-12-8-14(18-10-13(12)16)19-7-5-15(2,3)11-19/h8,10,17H,4-7,9,11H2,1-3H3. The van der Waals surface area contributed by atoms with E-state index in [1.807, 2.05) is 0 Å². The molecule has 0 amide bonds. The predicted octanol–water partition coefficient (Wildman–Crippen LogP) is 3.47. The van der Waals surface area contributed by atoms with E-state index in [0.29, 0.717) is 5.41 Å². The van der Waals surface area contributed by atoms with Crippen LogP contribution in [0.2, 0.25) is 5.02 Å². The van der Waals surface area contributed by atoms with E-state index >= 15 is 0 Å². The molecule has 2 heterocycles. The van der Waals surface area contributed by atoms with Crippen LogP contribution in [0, 0.1) is 5.41 Å². The summed E-state index contributed by atoms with van der Waals surface area (Å²) in [5, 5.41) is 4.15. The molecular formula is C15H24ClN3. The monoisotopic (exact) mass is 281 g/mol. The molecule has 0 unspecified atom stereocenters. The van der Waals surface area contributed by atoms with Gasteiger partial charge in [-0.2, -0.15) is 0 Å². The quantitative estimate of drug-likeness (QED) is 0.838. The average Bonchev–Trinajstić information content (AvgIpc) is 2.72. The van der Waals surface area contributed by atoms with Crippen LogP contribution in [0.15, 0.2) is 12.3 Å². The second-order valence-corrected chi connectivity index (χ2v) is 6.55. The first-order valence-corrected chi connectivity index (χ1v) is 7.50. The number of nitrogens with one attached hydrogen (secondary N) is 1. The number of hydrogen-bond donors (Lipinski definition) is 1. The van der Waals surface area contributed by atoms with Gasteiger partial charge < -0.3 is 10.2 Å². The van der Waals surface area contributed by atoms with Crippen molar-refractivity contribution in [3.05, 3.63) is 22.8 Å². The molecule has 19 heavy (non-hydrogen) atoms. The molecule has 0 aromatic carbocycles. The first-order valence-electron chi connectivity index (χ1n) is 7.12. The molecule has 0 atom stereocenters. The van der Waals surface area contributed by atoms with Crippen LogP contribution in [-0.4, -0.2) is 24.6 Å². The highest BCUT2D eigenvalue weighted by Gasteiger charge is 2.30. The van der Waals surface area contributed by atoms with E-state index in [-0.39, 0.29) is 0 Å². The Kier molecular flexibility index (Phi) is 4.69. The summed E-state index contributed by atoms with van der Waals surface area (Å²) in [7, 11) is 0. The average molecular weight is 282 g/mol. The lowest BCUT2D eigenvalue weighted by Gasteiger charge is -2.21. The Morgan fingerprint density at radius 2 is 2.26 bits per heavy atom. The summed E-state index contributed by atoms with van der Waals surface area (Å²) < 4.78 is 0. The fourth-order valence-electron chi connectivity index (χ4n) is 2.48. The lowest BCUT2D eigenvalue weighted by molar-refractivity contribution is 0.418. The molecule has 0 aliphatic carbocycles. The van der Waals surface area contributed by atoms with Gasteiger partial charge in [0.2, 0.25) is 0 Å². The zero-order valence-electron chi connectivity index (χ0n) is 12.2. The van der Waals surface area contributed by atoms with Crippen LogP contribution in [0.5, 0.6) is 0 Å². The maximum Gasteiger partial charge on any atom is 0.128 e. The van der Waals surface area contributed by atoms with Gasteiger partial charge in [0.05, 0.1) is 5.02 Å². The van der Waals surface area contributed by atoms with Gasteiger partial charge in [0.15, 0.2) is 0 Å². The first kappa shape index (κ1) is 14.6. The normalized spacial score (nSPS) is 18.0. The van der Waals surface area contributed by atoms with Gasteiger partial charge in [-0.1, -0.05) is 32.4 Å². The zero-order valence-corrected chi connectivity index (χ0v) is 12.9. The van der Waals surface area contributed by atoms with Crippen LogP contribution >= 0.6 is 11.6 Å². The first-order chi connectivity index (χ1) is 9.02. The van der Waals surface area contributed by atoms with Crippen LogP contribution in [0.1, 0.15) is 39.2 Å². The van der Waals surface area contributed by atoms with E-state index < -0.39 is 0 Å². The van der Waals surface area contributed by atoms with Gasteiger partial charge in [0, 0.05) is 25.8 Å². The lowest BCUT2D eigenvalue weighted by atomic mass is 9.93. The molecule has 0 saturated carbocycles. The van der Waals surface area contributed by atoms with Gasteiger partial charge in [0.25, 0.3) is 0 Å². The number of anilines is 1. The molecule has 3 nitrogen and oxygen atoms in total. The molecule has 1 aliphatic rings. The Labute approximate surface area is 121 Å². The molecule has 1 aromatic rings. The molecule has 1 N–H and O–H groups in total. The Bertz CT molecular complexity index is 431. The van der Waals surface area contributed by atoms with Gasteiger partial charge in [-0.05, 0) is 36.4 Å². The third-order valence-electron chi connectivity index (χ3n) is 3.66. The molecule has 106 valence electrons. The number of hydrogen-bond acceptors (Lipinski definition) is 3. The van der Waals surface area contributed by atoms with Crippen LogP contribution in [0.3, 0.4) is 0 Å². The molecule has 0 spiro atoms. The largest absolute Gasteiger partial charge is 0.356 e. The topological polar surface area (TPSA) is 28.2 Å². The van der Waals surface area contributed by atoms with Gasteiger partial charge in [-0.25, -0.2) is 4.98 Å². The second-order valence-electron chi connectivity index (χ2n) is 6.15. The lowest BCUT2D eigenvalue weighted by Crippen LogP contribution is -2.24. The summed E-state index contributed by atoms with van der Waals surface area (Å²) in [6, 6.07) is 2.13. The van der Waals surface area contributed by atoms with Crippen molar-refractivity contribution in [2.45, 2.75) is 40.2 Å². The van der Waals surface area contributed by atoms with Gasteiger partial charge in [0.1, 0.15) is 5.82 Å². The van der Waals surface area contributed by atoms with Crippen molar-refractivity contribution < 1.29 is 0 Å². The summed E-state index contributed by atoms with van der Waals surface area (Å²) in [5.41, 5.74) is 1.53. The second kappa shape index (κ2) is 6.10. The van der Waals surface area contributed by atoms with E-state index in [1.54, 1.807) is 6.20 Å². The third-order valence-corrected chi connectivity index (χ3v) is 4.00. The van der Waals surface area contributed by atoms with E-state index in [1.165, 1.54) is 6.42 Å². The number of rotatable bonds is 5. The van der Waals surface area contributed by atoms with Crippen molar-refractivity contribution in [1.29, 1.82) is 0 Å². The van der Waals surface area contributed by atoms with Gasteiger partial charge in [-0.3, -0.25) is 0 Å². The number of halogens is 1. The minimum absolute atomic E-state index is 0.391. The maximum absolute atomic E-state index is 6.22. The number of nitrogens with zero attached hydrogens (tertiary/aromatic N) is 2. The fourth-order valence-corrected chi connectivity index (χ4v) is 2.65. The summed E-state index contributed by atoms with van der Waals surface area (Å²) >= 11 is 6.22. The highest BCUT2D eigenvalue weighted by atomic mass is 35.5. The predicted molar refractivity (Wildman–Crippen MR) is 81.9 cm³/mol. The van der Waals surface area contributed by atoms with E-state index in [0.717, 1.165) is 49.0 Å². The summed E-state index contributed by atoms with van der Waals surface area (Å²) in [5.74, 6) is 1.06. The summed E-state index contributed by atoms with van der Waals surface area (Å²) in [4.78, 5) is 6.84. The molecule has 1 fully saturated rings. The van der Waals surface area contributed by atoms with Crippen molar-refractivity contribution in [2.24, 2.45) is 5.41 Å².